The summed E-state index contributed by atoms with van der Waals surface area (Å²) in [6, 6.07) is 2.75. The second kappa shape index (κ2) is 10.8. The van der Waals surface area contributed by atoms with Crippen molar-refractivity contribution in [3.8, 4) is 0 Å². The molecule has 0 aliphatic carbocycles. The number of aliphatic carboxylic acids is 2. The van der Waals surface area contributed by atoms with Gasteiger partial charge in [0.25, 0.3) is 0 Å². The number of benzene rings is 1. The van der Waals surface area contributed by atoms with Crippen LogP contribution in [-0.2, 0) is 19.2 Å². The van der Waals surface area contributed by atoms with E-state index in [9.17, 15) is 29.1 Å². The molecule has 0 spiro atoms. The number of carboxylic acid groups (broad SMARTS) is 2. The molecule has 1 aromatic rings. The van der Waals surface area contributed by atoms with Gasteiger partial charge in [-0.3, -0.25) is 19.3 Å². The maximum Gasteiger partial charge on any atom is 0.326 e. The number of nitrogens with one attached hydrogen (secondary N) is 3. The summed E-state index contributed by atoms with van der Waals surface area (Å²) < 4.78 is 0. The predicted molar refractivity (Wildman–Crippen MR) is 120 cm³/mol. The van der Waals surface area contributed by atoms with Crippen molar-refractivity contribution in [1.29, 1.82) is 0 Å². The molecule has 11 heteroatoms. The SMILES string of the molecule is CC(C)[C@H](NC(=O)N1c2ccccc2NC(=O)[C@H]1C(C)C)C(=O)N[C@@H](CCC(=O)O)C(=O)O. The van der Waals surface area contributed by atoms with Crippen LogP contribution < -0.4 is 20.9 Å². The van der Waals surface area contributed by atoms with E-state index < -0.39 is 54.3 Å². The summed E-state index contributed by atoms with van der Waals surface area (Å²) in [7, 11) is 0. The fourth-order valence-electron chi connectivity index (χ4n) is 3.62. The normalized spacial score (nSPS) is 17.1. The summed E-state index contributed by atoms with van der Waals surface area (Å²) in [5.41, 5.74) is 0.931. The first-order valence-corrected chi connectivity index (χ1v) is 10.7. The molecule has 5 N–H and O–H groups in total. The highest BCUT2D eigenvalue weighted by Gasteiger charge is 2.40. The average molecular weight is 463 g/mol. The predicted octanol–water partition coefficient (Wildman–Crippen LogP) is 1.64. The Kier molecular flexibility index (Phi) is 8.38. The second-order valence-electron chi connectivity index (χ2n) is 8.57. The Labute approximate surface area is 191 Å². The summed E-state index contributed by atoms with van der Waals surface area (Å²) in [6.07, 6.45) is -0.740. The van der Waals surface area contributed by atoms with E-state index in [0.29, 0.717) is 11.4 Å². The van der Waals surface area contributed by atoms with Crippen molar-refractivity contribution in [3.63, 3.8) is 0 Å². The quantitative estimate of drug-likeness (QED) is 0.372. The minimum absolute atomic E-state index is 0.233. The molecule has 1 aliphatic rings. The van der Waals surface area contributed by atoms with Gasteiger partial charge < -0.3 is 26.2 Å². The molecular weight excluding hydrogens is 432 g/mol. The van der Waals surface area contributed by atoms with E-state index >= 15 is 0 Å². The maximum atomic E-state index is 13.3. The van der Waals surface area contributed by atoms with Crippen molar-refractivity contribution in [3.05, 3.63) is 24.3 Å². The molecule has 0 saturated carbocycles. The first-order chi connectivity index (χ1) is 15.4. The van der Waals surface area contributed by atoms with Gasteiger partial charge in [-0.15, -0.1) is 0 Å². The molecule has 0 fully saturated rings. The molecule has 0 saturated heterocycles. The zero-order valence-corrected chi connectivity index (χ0v) is 19.0. The Balaban J connectivity index is 2.28. The lowest BCUT2D eigenvalue weighted by molar-refractivity contribution is -0.143. The van der Waals surface area contributed by atoms with Crippen LogP contribution in [-0.4, -0.2) is 58.1 Å². The summed E-state index contributed by atoms with van der Waals surface area (Å²) in [5, 5.41) is 25.9. The van der Waals surface area contributed by atoms with Crippen LogP contribution in [0.5, 0.6) is 0 Å². The van der Waals surface area contributed by atoms with Crippen LogP contribution in [0.4, 0.5) is 16.2 Å². The largest absolute Gasteiger partial charge is 0.481 e. The van der Waals surface area contributed by atoms with Crippen LogP contribution in [0.15, 0.2) is 24.3 Å². The fourth-order valence-corrected chi connectivity index (χ4v) is 3.62. The van der Waals surface area contributed by atoms with E-state index in [1.165, 1.54) is 4.90 Å². The molecule has 1 heterocycles. The topological polar surface area (TPSA) is 165 Å². The number of rotatable bonds is 9. The molecular formula is C22H30N4O7. The average Bonchev–Trinajstić information content (AvgIpc) is 2.72. The minimum atomic E-state index is -1.42. The lowest BCUT2D eigenvalue weighted by Gasteiger charge is -2.39. The number of fused-ring (bicyclic) bond motifs is 1. The zero-order valence-electron chi connectivity index (χ0n) is 19.0. The first-order valence-electron chi connectivity index (χ1n) is 10.7. The first kappa shape index (κ1) is 25.6. The smallest absolute Gasteiger partial charge is 0.326 e. The molecule has 0 aromatic heterocycles. The van der Waals surface area contributed by atoms with Crippen LogP contribution in [0.1, 0.15) is 40.5 Å². The number of anilines is 2. The Bertz CT molecular complexity index is 931. The number of nitrogens with zero attached hydrogens (tertiary/aromatic N) is 1. The van der Waals surface area contributed by atoms with Crippen molar-refractivity contribution >= 4 is 41.2 Å². The summed E-state index contributed by atoms with van der Waals surface area (Å²) in [6.45, 7) is 6.94. The van der Waals surface area contributed by atoms with E-state index in [0.717, 1.165) is 0 Å². The molecule has 0 unspecified atom stereocenters. The zero-order chi connectivity index (χ0) is 24.9. The van der Waals surface area contributed by atoms with Crippen LogP contribution in [0.2, 0.25) is 0 Å². The van der Waals surface area contributed by atoms with Gasteiger partial charge in [-0.25, -0.2) is 9.59 Å². The van der Waals surface area contributed by atoms with Crippen molar-refractivity contribution < 1.29 is 34.2 Å². The third kappa shape index (κ3) is 6.21. The number of hydrogen-bond acceptors (Lipinski definition) is 5. The van der Waals surface area contributed by atoms with Crippen molar-refractivity contribution in [1.82, 2.24) is 10.6 Å². The molecule has 4 amide bonds. The Morgan fingerprint density at radius 2 is 1.70 bits per heavy atom. The van der Waals surface area contributed by atoms with Gasteiger partial charge in [0.15, 0.2) is 0 Å². The number of carboxylic acids is 2. The van der Waals surface area contributed by atoms with Crippen molar-refractivity contribution in [2.45, 2.75) is 58.7 Å². The number of carbonyl (C=O) groups excluding carboxylic acids is 3. The molecule has 180 valence electrons. The number of urea groups is 1. The highest BCUT2D eigenvalue weighted by molar-refractivity contribution is 6.12. The van der Waals surface area contributed by atoms with E-state index in [4.69, 9.17) is 5.11 Å². The highest BCUT2D eigenvalue weighted by Crippen LogP contribution is 2.34. The van der Waals surface area contributed by atoms with E-state index in [2.05, 4.69) is 16.0 Å². The summed E-state index contributed by atoms with van der Waals surface area (Å²) in [5.74, 6) is -4.33. The van der Waals surface area contributed by atoms with Crippen LogP contribution >= 0.6 is 0 Å². The second-order valence-corrected chi connectivity index (χ2v) is 8.57. The Morgan fingerprint density at radius 1 is 1.06 bits per heavy atom. The van der Waals surface area contributed by atoms with Gasteiger partial charge in [-0.1, -0.05) is 39.8 Å². The van der Waals surface area contributed by atoms with Gasteiger partial charge in [0, 0.05) is 6.42 Å². The molecule has 0 radical (unpaired) electrons. The van der Waals surface area contributed by atoms with Gasteiger partial charge in [0.1, 0.15) is 18.1 Å². The molecule has 1 aliphatic heterocycles. The van der Waals surface area contributed by atoms with Gasteiger partial charge in [0.05, 0.1) is 11.4 Å². The van der Waals surface area contributed by atoms with E-state index in [1.54, 1.807) is 52.0 Å². The van der Waals surface area contributed by atoms with Gasteiger partial charge in [-0.2, -0.15) is 0 Å². The number of amides is 4. The molecule has 11 nitrogen and oxygen atoms in total. The summed E-state index contributed by atoms with van der Waals surface area (Å²) in [4.78, 5) is 62.4. The number of para-hydroxylation sites is 2. The highest BCUT2D eigenvalue weighted by atomic mass is 16.4. The van der Waals surface area contributed by atoms with Crippen LogP contribution in [0, 0.1) is 11.8 Å². The van der Waals surface area contributed by atoms with Gasteiger partial charge in [0.2, 0.25) is 11.8 Å². The summed E-state index contributed by atoms with van der Waals surface area (Å²) >= 11 is 0. The van der Waals surface area contributed by atoms with E-state index in [1.807, 2.05) is 0 Å². The van der Waals surface area contributed by atoms with Gasteiger partial charge in [-0.05, 0) is 30.4 Å². The Morgan fingerprint density at radius 3 is 2.24 bits per heavy atom. The molecule has 1 aromatic carbocycles. The third-order valence-electron chi connectivity index (χ3n) is 5.31. The monoisotopic (exact) mass is 462 g/mol. The van der Waals surface area contributed by atoms with Crippen LogP contribution in [0.25, 0.3) is 0 Å². The molecule has 2 rings (SSSR count). The molecule has 3 atom stereocenters. The van der Waals surface area contributed by atoms with Gasteiger partial charge >= 0.3 is 18.0 Å². The standard InChI is InChI=1S/C22H30N4O7/c1-11(2)17(19(29)24-14(21(31)32)9-10-16(27)28)25-22(33)26-15-8-6-5-7-13(15)23-20(30)18(26)12(3)4/h5-8,11-12,14,17-18H,9-10H2,1-4H3,(H,23,30)(H,24,29)(H,25,33)(H,27,28)(H,31,32)/t14-,17-,18+/m0/s1. The molecule has 0 bridgehead atoms. The third-order valence-corrected chi connectivity index (χ3v) is 5.31. The maximum absolute atomic E-state index is 13.3. The lowest BCUT2D eigenvalue weighted by Crippen LogP contribution is -2.61. The Hall–Kier alpha value is -3.63. The molecule has 33 heavy (non-hydrogen) atoms. The number of hydrogen-bond donors (Lipinski definition) is 5. The fraction of sp³-hybridized carbons (Fsp3) is 0.500. The van der Waals surface area contributed by atoms with Crippen molar-refractivity contribution in [2.75, 3.05) is 10.2 Å². The minimum Gasteiger partial charge on any atom is -0.481 e. The van der Waals surface area contributed by atoms with Crippen LogP contribution in [0.3, 0.4) is 0 Å². The van der Waals surface area contributed by atoms with Crippen molar-refractivity contribution in [2.24, 2.45) is 11.8 Å². The van der Waals surface area contributed by atoms with E-state index in [-0.39, 0.29) is 18.2 Å². The number of carbonyl (C=O) groups is 5. The lowest BCUT2D eigenvalue weighted by atomic mass is 9.97.